The van der Waals surface area contributed by atoms with E-state index in [2.05, 4.69) is 21.9 Å². The summed E-state index contributed by atoms with van der Waals surface area (Å²) in [6.45, 7) is 7.27. The predicted molar refractivity (Wildman–Crippen MR) is 129 cm³/mol. The van der Waals surface area contributed by atoms with E-state index in [0.29, 0.717) is 11.3 Å². The van der Waals surface area contributed by atoms with Crippen LogP contribution in [0.2, 0.25) is 5.02 Å². The molecule has 0 unspecified atom stereocenters. The molecule has 3 aromatic rings. The Labute approximate surface area is 200 Å². The summed E-state index contributed by atoms with van der Waals surface area (Å²) in [6.07, 6.45) is -4.85. The van der Waals surface area contributed by atoms with Crippen molar-refractivity contribution in [1.29, 1.82) is 0 Å². The van der Waals surface area contributed by atoms with Crippen molar-refractivity contribution in [3.63, 3.8) is 0 Å². The molecular weight excluding hydrogens is 469 g/mol. The van der Waals surface area contributed by atoms with Crippen LogP contribution >= 0.6 is 11.6 Å². The molecule has 5 nitrogen and oxygen atoms in total. The molecule has 0 atom stereocenters. The van der Waals surface area contributed by atoms with E-state index in [1.807, 2.05) is 43.3 Å². The first-order valence-corrected chi connectivity index (χ1v) is 10.4. The van der Waals surface area contributed by atoms with Gasteiger partial charge in [-0.15, -0.1) is 13.2 Å². The fraction of sp³-hybridized carbons (Fsp3) is 0.160. The van der Waals surface area contributed by atoms with Crippen molar-refractivity contribution in [2.75, 3.05) is 17.7 Å². The van der Waals surface area contributed by atoms with Crippen LogP contribution in [0.15, 0.2) is 61.2 Å². The van der Waals surface area contributed by atoms with Gasteiger partial charge in [0.25, 0.3) is 0 Å². The predicted octanol–water partition coefficient (Wildman–Crippen LogP) is 7.90. The number of aryl methyl sites for hydroxylation is 1. The molecule has 34 heavy (non-hydrogen) atoms. The van der Waals surface area contributed by atoms with Gasteiger partial charge < -0.3 is 20.1 Å². The van der Waals surface area contributed by atoms with Gasteiger partial charge in [0.2, 0.25) is 0 Å². The first-order valence-electron chi connectivity index (χ1n) is 10.0. The third kappa shape index (κ3) is 6.23. The lowest BCUT2D eigenvalue weighted by molar-refractivity contribution is -0.274. The normalized spacial score (nSPS) is 11.0. The van der Waals surface area contributed by atoms with Gasteiger partial charge in [0.15, 0.2) is 0 Å². The van der Waals surface area contributed by atoms with Crippen LogP contribution in [0, 0.1) is 6.92 Å². The number of amides is 2. The zero-order chi connectivity index (χ0) is 25.0. The molecule has 2 amide bonds. The van der Waals surface area contributed by atoms with Gasteiger partial charge in [-0.05, 0) is 60.4 Å². The third-order valence-corrected chi connectivity index (χ3v) is 5.18. The van der Waals surface area contributed by atoms with Gasteiger partial charge in [0.1, 0.15) is 11.5 Å². The summed E-state index contributed by atoms with van der Waals surface area (Å²) in [6, 6.07) is 14.5. The van der Waals surface area contributed by atoms with E-state index in [1.165, 1.54) is 6.92 Å². The minimum Gasteiger partial charge on any atom is -0.497 e. The molecule has 0 aromatic heterocycles. The minimum atomic E-state index is -4.85. The maximum absolute atomic E-state index is 12.8. The quantitative estimate of drug-likeness (QED) is 0.369. The number of rotatable bonds is 6. The molecule has 2 N–H and O–H groups in total. The first-order chi connectivity index (χ1) is 16.0. The van der Waals surface area contributed by atoms with Crippen molar-refractivity contribution in [3.8, 4) is 22.6 Å². The van der Waals surface area contributed by atoms with Crippen molar-refractivity contribution < 1.29 is 27.4 Å². The van der Waals surface area contributed by atoms with E-state index in [-0.39, 0.29) is 10.7 Å². The number of nitrogens with one attached hydrogen (secondary N) is 2. The number of ether oxygens (including phenoxy) is 2. The zero-order valence-electron chi connectivity index (χ0n) is 18.6. The fourth-order valence-electron chi connectivity index (χ4n) is 3.31. The second kappa shape index (κ2) is 10.1. The minimum absolute atomic E-state index is 0.0958. The van der Waals surface area contributed by atoms with E-state index in [4.69, 9.17) is 16.3 Å². The number of urea groups is 1. The SMILES string of the molecule is C=C(C)c1ccc(-c2ccc(OC)cc2)cc1NC(=O)Nc1c(C)cc(OC(F)(F)F)cc1Cl. The molecule has 0 fully saturated rings. The average molecular weight is 491 g/mol. The van der Waals surface area contributed by atoms with E-state index in [0.717, 1.165) is 40.1 Å². The molecule has 0 bridgehead atoms. The number of benzene rings is 3. The Morgan fingerprint density at radius 1 is 0.971 bits per heavy atom. The number of hydrogen-bond acceptors (Lipinski definition) is 3. The number of allylic oxidation sites excluding steroid dienone is 1. The topological polar surface area (TPSA) is 59.6 Å². The highest BCUT2D eigenvalue weighted by atomic mass is 35.5. The lowest BCUT2D eigenvalue weighted by Crippen LogP contribution is -2.21. The van der Waals surface area contributed by atoms with Gasteiger partial charge in [-0.2, -0.15) is 0 Å². The van der Waals surface area contributed by atoms with Crippen LogP contribution in [0.5, 0.6) is 11.5 Å². The summed E-state index contributed by atoms with van der Waals surface area (Å²) in [5.41, 5.74) is 4.20. The zero-order valence-corrected chi connectivity index (χ0v) is 19.4. The maximum atomic E-state index is 12.8. The molecule has 0 aliphatic heterocycles. The van der Waals surface area contributed by atoms with E-state index in [1.54, 1.807) is 13.2 Å². The Kier molecular flexibility index (Phi) is 7.41. The molecule has 0 heterocycles. The summed E-state index contributed by atoms with van der Waals surface area (Å²) in [5.74, 6) is 0.247. The lowest BCUT2D eigenvalue weighted by Gasteiger charge is -2.17. The van der Waals surface area contributed by atoms with Crippen LogP contribution in [-0.2, 0) is 0 Å². The van der Waals surface area contributed by atoms with Gasteiger partial charge >= 0.3 is 12.4 Å². The molecule has 0 spiro atoms. The molecule has 178 valence electrons. The lowest BCUT2D eigenvalue weighted by atomic mass is 9.99. The van der Waals surface area contributed by atoms with Crippen molar-refractivity contribution in [2.24, 2.45) is 0 Å². The van der Waals surface area contributed by atoms with Crippen molar-refractivity contribution in [3.05, 3.63) is 77.3 Å². The van der Waals surface area contributed by atoms with E-state index in [9.17, 15) is 18.0 Å². The van der Waals surface area contributed by atoms with Crippen LogP contribution in [-0.4, -0.2) is 19.5 Å². The number of anilines is 2. The van der Waals surface area contributed by atoms with Gasteiger partial charge in [0, 0.05) is 11.6 Å². The summed E-state index contributed by atoms with van der Waals surface area (Å²) in [4.78, 5) is 12.8. The van der Waals surface area contributed by atoms with Gasteiger partial charge in [-0.3, -0.25) is 0 Å². The largest absolute Gasteiger partial charge is 0.573 e. The fourth-order valence-corrected chi connectivity index (χ4v) is 3.62. The molecule has 9 heteroatoms. The molecule has 0 radical (unpaired) electrons. The molecule has 0 saturated heterocycles. The second-order valence-electron chi connectivity index (χ2n) is 7.49. The van der Waals surface area contributed by atoms with Crippen LogP contribution in [0.3, 0.4) is 0 Å². The Hall–Kier alpha value is -3.65. The van der Waals surface area contributed by atoms with Gasteiger partial charge in [-0.25, -0.2) is 4.79 Å². The van der Waals surface area contributed by atoms with Crippen LogP contribution in [0.25, 0.3) is 16.7 Å². The Morgan fingerprint density at radius 3 is 2.18 bits per heavy atom. The highest BCUT2D eigenvalue weighted by molar-refractivity contribution is 6.34. The summed E-state index contributed by atoms with van der Waals surface area (Å²) < 4.78 is 46.6. The third-order valence-electron chi connectivity index (χ3n) is 4.88. The second-order valence-corrected chi connectivity index (χ2v) is 7.90. The first kappa shape index (κ1) is 25.0. The molecule has 0 saturated carbocycles. The Balaban J connectivity index is 1.85. The number of carbonyl (C=O) groups is 1. The number of hydrogen-bond donors (Lipinski definition) is 2. The van der Waals surface area contributed by atoms with Crippen molar-refractivity contribution in [1.82, 2.24) is 0 Å². The maximum Gasteiger partial charge on any atom is 0.573 e. The number of carbonyl (C=O) groups excluding carboxylic acids is 1. The monoisotopic (exact) mass is 490 g/mol. The Bertz CT molecular complexity index is 1200. The van der Waals surface area contributed by atoms with Gasteiger partial charge in [0.05, 0.1) is 23.5 Å². The summed E-state index contributed by atoms with van der Waals surface area (Å²) >= 11 is 6.11. The molecule has 0 aliphatic rings. The number of methoxy groups -OCH3 is 1. The van der Waals surface area contributed by atoms with Crippen molar-refractivity contribution in [2.45, 2.75) is 20.2 Å². The van der Waals surface area contributed by atoms with Gasteiger partial charge in [-0.1, -0.05) is 42.4 Å². The van der Waals surface area contributed by atoms with Crippen LogP contribution < -0.4 is 20.1 Å². The number of halogens is 4. The van der Waals surface area contributed by atoms with Crippen LogP contribution in [0.4, 0.5) is 29.3 Å². The smallest absolute Gasteiger partial charge is 0.497 e. The summed E-state index contributed by atoms with van der Waals surface area (Å²) in [5, 5.41) is 5.27. The van der Waals surface area contributed by atoms with Crippen LogP contribution in [0.1, 0.15) is 18.1 Å². The van der Waals surface area contributed by atoms with Crippen molar-refractivity contribution >= 4 is 34.6 Å². The molecular formula is C25H22ClF3N2O3. The highest BCUT2D eigenvalue weighted by Crippen LogP contribution is 2.34. The Morgan fingerprint density at radius 2 is 1.62 bits per heavy atom. The van der Waals surface area contributed by atoms with E-state index >= 15 is 0 Å². The van der Waals surface area contributed by atoms with E-state index < -0.39 is 18.1 Å². The average Bonchev–Trinajstić information content (AvgIpc) is 2.75. The molecule has 0 aliphatic carbocycles. The highest BCUT2D eigenvalue weighted by Gasteiger charge is 2.31. The molecule has 3 aromatic carbocycles. The standard InChI is InChI=1S/C25H22ClF3N2O3/c1-14(2)20-10-7-17(16-5-8-18(33-4)9-6-16)12-22(20)30-24(32)31-23-15(3)11-19(13-21(23)26)34-25(27,28)29/h5-13H,1H2,2-4H3,(H2,30,31,32). The molecule has 3 rings (SSSR count). The number of alkyl halides is 3. The summed E-state index contributed by atoms with van der Waals surface area (Å²) in [7, 11) is 1.59.